The highest BCUT2D eigenvalue weighted by molar-refractivity contribution is 5.77. The topological polar surface area (TPSA) is 7.12 Å². The van der Waals surface area contributed by atoms with Crippen LogP contribution in [-0.2, 0) is 6.54 Å². The predicted molar refractivity (Wildman–Crippen MR) is 107 cm³/mol. The van der Waals surface area contributed by atoms with Crippen molar-refractivity contribution in [1.29, 1.82) is 0 Å². The van der Waals surface area contributed by atoms with E-state index in [0.717, 1.165) is 6.54 Å². The van der Waals surface area contributed by atoms with E-state index < -0.39 is 0 Å². The average Bonchev–Trinajstić information content (AvgIpc) is 3.21. The first-order valence-corrected chi connectivity index (χ1v) is 9.30. The van der Waals surface area contributed by atoms with Crippen LogP contribution in [0.4, 0.5) is 5.69 Å². The quantitative estimate of drug-likeness (QED) is 0.616. The molecule has 3 aromatic rings. The summed E-state index contributed by atoms with van der Waals surface area (Å²) in [7, 11) is 0. The molecule has 2 heteroatoms. The molecular formula is C23H25N2+. The maximum absolute atomic E-state index is 2.47. The fraction of sp³-hybridized carbons (Fsp3) is 0.261. The Labute approximate surface area is 150 Å². The molecule has 1 fully saturated rings. The largest absolute Gasteiger partial charge is 0.372 e. The number of rotatable bonds is 4. The van der Waals surface area contributed by atoms with Crippen molar-refractivity contribution in [3.8, 4) is 0 Å². The summed E-state index contributed by atoms with van der Waals surface area (Å²) in [5.41, 5.74) is 5.13. The molecule has 1 aromatic heterocycles. The van der Waals surface area contributed by atoms with Crippen LogP contribution in [0.5, 0.6) is 0 Å². The van der Waals surface area contributed by atoms with Crippen molar-refractivity contribution in [3.63, 3.8) is 0 Å². The van der Waals surface area contributed by atoms with Crippen LogP contribution in [0.1, 0.15) is 31.0 Å². The van der Waals surface area contributed by atoms with Crippen LogP contribution in [0.25, 0.3) is 23.1 Å². The van der Waals surface area contributed by atoms with E-state index in [0.29, 0.717) is 0 Å². The van der Waals surface area contributed by atoms with E-state index >= 15 is 0 Å². The minimum atomic E-state index is 0.967. The second kappa shape index (κ2) is 7.10. The van der Waals surface area contributed by atoms with E-state index in [4.69, 9.17) is 0 Å². The molecular weight excluding hydrogens is 304 g/mol. The summed E-state index contributed by atoms with van der Waals surface area (Å²) in [4.78, 5) is 2.47. The van der Waals surface area contributed by atoms with Gasteiger partial charge in [-0.1, -0.05) is 24.3 Å². The van der Waals surface area contributed by atoms with E-state index in [9.17, 15) is 0 Å². The molecule has 0 aliphatic carbocycles. The minimum absolute atomic E-state index is 0.967. The summed E-state index contributed by atoms with van der Waals surface area (Å²) in [5, 5.41) is 1.29. The van der Waals surface area contributed by atoms with Crippen molar-refractivity contribution in [1.82, 2.24) is 0 Å². The molecule has 0 N–H and O–H groups in total. The number of aryl methyl sites for hydroxylation is 1. The minimum Gasteiger partial charge on any atom is -0.372 e. The van der Waals surface area contributed by atoms with Gasteiger partial charge in [-0.3, -0.25) is 0 Å². The first-order chi connectivity index (χ1) is 12.3. The van der Waals surface area contributed by atoms with Crippen molar-refractivity contribution in [2.45, 2.75) is 26.3 Å². The lowest BCUT2D eigenvalue weighted by atomic mass is 10.1. The van der Waals surface area contributed by atoms with Gasteiger partial charge >= 0.3 is 0 Å². The van der Waals surface area contributed by atoms with Crippen molar-refractivity contribution < 1.29 is 4.57 Å². The Balaban J connectivity index is 1.60. The van der Waals surface area contributed by atoms with Gasteiger partial charge in [0.1, 0.15) is 6.54 Å². The van der Waals surface area contributed by atoms with Crippen molar-refractivity contribution in [2.75, 3.05) is 18.0 Å². The standard InChI is InChI=1S/C23H25N2/c1-2-25-22(16-12-20-7-3-4-8-23(20)25)15-11-19-9-13-21(14-10-19)24-17-5-6-18-24/h3-4,7-16H,2,5-6,17-18H2,1H3/q+1. The highest BCUT2D eigenvalue weighted by Crippen LogP contribution is 2.21. The number of anilines is 1. The lowest BCUT2D eigenvalue weighted by Crippen LogP contribution is -2.36. The summed E-state index contributed by atoms with van der Waals surface area (Å²) in [6.45, 7) is 5.56. The molecule has 0 spiro atoms. The number of fused-ring (bicyclic) bond motifs is 1. The first-order valence-electron chi connectivity index (χ1n) is 9.30. The number of hydrogen-bond acceptors (Lipinski definition) is 1. The zero-order valence-electron chi connectivity index (χ0n) is 14.9. The van der Waals surface area contributed by atoms with Gasteiger partial charge in [-0.05, 0) is 55.7 Å². The molecule has 0 amide bonds. The Hall–Kier alpha value is -2.61. The van der Waals surface area contributed by atoms with E-state index in [1.54, 1.807) is 0 Å². The smallest absolute Gasteiger partial charge is 0.212 e. The van der Waals surface area contributed by atoms with Crippen molar-refractivity contribution in [3.05, 3.63) is 71.9 Å². The maximum atomic E-state index is 2.47. The van der Waals surface area contributed by atoms with Gasteiger partial charge in [-0.15, -0.1) is 0 Å². The predicted octanol–water partition coefficient (Wildman–Crippen LogP) is 4.92. The zero-order chi connectivity index (χ0) is 17.1. The molecule has 2 heterocycles. The van der Waals surface area contributed by atoms with Crippen LogP contribution in [0.2, 0.25) is 0 Å². The Bertz CT molecular complexity index is 888. The van der Waals surface area contributed by atoms with Crippen LogP contribution in [0, 0.1) is 0 Å². The van der Waals surface area contributed by atoms with Gasteiger partial charge in [0, 0.05) is 42.4 Å². The maximum Gasteiger partial charge on any atom is 0.212 e. The van der Waals surface area contributed by atoms with Gasteiger partial charge in [0.25, 0.3) is 0 Å². The molecule has 2 nitrogen and oxygen atoms in total. The van der Waals surface area contributed by atoms with Crippen LogP contribution >= 0.6 is 0 Å². The molecule has 126 valence electrons. The number of para-hydroxylation sites is 1. The van der Waals surface area contributed by atoms with Crippen molar-refractivity contribution in [2.24, 2.45) is 0 Å². The van der Waals surface area contributed by atoms with Crippen molar-refractivity contribution >= 4 is 28.7 Å². The highest BCUT2D eigenvalue weighted by Gasteiger charge is 2.12. The number of benzene rings is 2. The lowest BCUT2D eigenvalue weighted by molar-refractivity contribution is -0.669. The zero-order valence-corrected chi connectivity index (χ0v) is 14.9. The number of pyridine rings is 1. The lowest BCUT2D eigenvalue weighted by Gasteiger charge is -2.17. The third kappa shape index (κ3) is 3.30. The third-order valence-corrected chi connectivity index (χ3v) is 5.10. The normalized spacial score (nSPS) is 14.7. The Morgan fingerprint density at radius 1 is 0.880 bits per heavy atom. The van der Waals surface area contributed by atoms with E-state index in [1.807, 2.05) is 0 Å². The van der Waals surface area contributed by atoms with Gasteiger partial charge in [0.15, 0.2) is 0 Å². The van der Waals surface area contributed by atoms with Gasteiger partial charge in [0.05, 0.1) is 0 Å². The molecule has 0 radical (unpaired) electrons. The Morgan fingerprint density at radius 2 is 1.64 bits per heavy atom. The second-order valence-corrected chi connectivity index (χ2v) is 6.68. The third-order valence-electron chi connectivity index (χ3n) is 5.10. The fourth-order valence-corrected chi connectivity index (χ4v) is 3.73. The molecule has 2 aromatic carbocycles. The van der Waals surface area contributed by atoms with Gasteiger partial charge in [-0.25, -0.2) is 0 Å². The van der Waals surface area contributed by atoms with E-state index in [-0.39, 0.29) is 0 Å². The molecule has 0 atom stereocenters. The van der Waals surface area contributed by atoms with Crippen LogP contribution < -0.4 is 9.47 Å². The molecule has 0 unspecified atom stereocenters. The summed E-state index contributed by atoms with van der Waals surface area (Å²) < 4.78 is 2.37. The number of nitrogens with zero attached hydrogens (tertiary/aromatic N) is 2. The average molecular weight is 329 g/mol. The molecule has 1 aliphatic rings. The van der Waals surface area contributed by atoms with Gasteiger partial charge < -0.3 is 4.90 Å². The summed E-state index contributed by atoms with van der Waals surface area (Å²) in [5.74, 6) is 0. The number of aromatic nitrogens is 1. The summed E-state index contributed by atoms with van der Waals surface area (Å²) >= 11 is 0. The monoisotopic (exact) mass is 329 g/mol. The van der Waals surface area contributed by atoms with E-state index in [2.05, 4.69) is 89.2 Å². The van der Waals surface area contributed by atoms with E-state index in [1.165, 1.54) is 53.8 Å². The Kier molecular flexibility index (Phi) is 4.51. The molecule has 0 saturated carbocycles. The summed E-state index contributed by atoms with van der Waals surface area (Å²) in [6, 6.07) is 21.9. The summed E-state index contributed by atoms with van der Waals surface area (Å²) in [6.07, 6.45) is 7.08. The molecule has 1 aliphatic heterocycles. The highest BCUT2D eigenvalue weighted by atomic mass is 15.1. The van der Waals surface area contributed by atoms with Gasteiger partial charge in [0.2, 0.25) is 11.2 Å². The van der Waals surface area contributed by atoms with Crippen LogP contribution in [0.3, 0.4) is 0 Å². The molecule has 1 saturated heterocycles. The Morgan fingerprint density at radius 3 is 2.40 bits per heavy atom. The van der Waals surface area contributed by atoms with Crippen LogP contribution in [0.15, 0.2) is 60.7 Å². The first kappa shape index (κ1) is 15.9. The van der Waals surface area contributed by atoms with Crippen LogP contribution in [-0.4, -0.2) is 13.1 Å². The number of hydrogen-bond donors (Lipinski definition) is 0. The molecule has 4 rings (SSSR count). The fourth-order valence-electron chi connectivity index (χ4n) is 3.73. The van der Waals surface area contributed by atoms with Gasteiger partial charge in [-0.2, -0.15) is 4.57 Å². The molecule has 25 heavy (non-hydrogen) atoms. The second-order valence-electron chi connectivity index (χ2n) is 6.68. The SMILES string of the molecule is CC[n+]1c(/C=C/c2ccc(N3CCCC3)cc2)ccc2ccccc21. The molecule has 0 bridgehead atoms.